The van der Waals surface area contributed by atoms with Crippen LogP contribution in [-0.4, -0.2) is 37.0 Å². The number of hydrogen-bond donors (Lipinski definition) is 0. The number of benzene rings is 2. The Morgan fingerprint density at radius 3 is 2.52 bits per heavy atom. The average Bonchev–Trinajstić information content (AvgIpc) is 2.63. The highest BCUT2D eigenvalue weighted by molar-refractivity contribution is 6.31. The molecule has 1 fully saturated rings. The van der Waals surface area contributed by atoms with Gasteiger partial charge in [-0.15, -0.1) is 0 Å². The highest BCUT2D eigenvalue weighted by atomic mass is 35.5. The average molecular weight is 358 g/mol. The minimum atomic E-state index is -0.408. The van der Waals surface area contributed by atoms with Gasteiger partial charge in [0.25, 0.3) is 0 Å². The van der Waals surface area contributed by atoms with E-state index >= 15 is 0 Å². The number of carbonyl (C=O) groups is 1. The van der Waals surface area contributed by atoms with Crippen LogP contribution in [0, 0.1) is 17.1 Å². The number of carbonyl (C=O) groups excluding carboxylic acids is 1. The van der Waals surface area contributed by atoms with Crippen LogP contribution in [0.5, 0.6) is 0 Å². The fourth-order valence-electron chi connectivity index (χ4n) is 2.95. The van der Waals surface area contributed by atoms with Crippen LogP contribution in [-0.2, 0) is 11.2 Å². The first-order chi connectivity index (χ1) is 12.1. The van der Waals surface area contributed by atoms with Crippen molar-refractivity contribution >= 4 is 23.2 Å². The van der Waals surface area contributed by atoms with E-state index in [4.69, 9.17) is 16.9 Å². The van der Waals surface area contributed by atoms with Crippen molar-refractivity contribution in [3.8, 4) is 6.07 Å². The van der Waals surface area contributed by atoms with Crippen LogP contribution in [0.4, 0.5) is 10.1 Å². The van der Waals surface area contributed by atoms with Crippen LogP contribution in [0.3, 0.4) is 0 Å². The fourth-order valence-corrected chi connectivity index (χ4v) is 3.15. The molecule has 1 heterocycles. The highest BCUT2D eigenvalue weighted by Crippen LogP contribution is 2.22. The van der Waals surface area contributed by atoms with E-state index < -0.39 is 5.82 Å². The molecule has 1 aliphatic rings. The molecular formula is C19H17ClFN3O. The Hall–Kier alpha value is -2.58. The lowest BCUT2D eigenvalue weighted by molar-refractivity contribution is -0.130. The van der Waals surface area contributed by atoms with Crippen LogP contribution in [0.1, 0.15) is 11.1 Å². The Morgan fingerprint density at radius 2 is 1.88 bits per heavy atom. The second-order valence-electron chi connectivity index (χ2n) is 5.91. The third kappa shape index (κ3) is 3.92. The van der Waals surface area contributed by atoms with E-state index in [0.29, 0.717) is 42.5 Å². The van der Waals surface area contributed by atoms with E-state index in [2.05, 4.69) is 0 Å². The van der Waals surface area contributed by atoms with Crippen molar-refractivity contribution in [2.75, 3.05) is 31.1 Å². The molecule has 4 nitrogen and oxygen atoms in total. The lowest BCUT2D eigenvalue weighted by Gasteiger charge is -2.36. The van der Waals surface area contributed by atoms with Gasteiger partial charge in [-0.1, -0.05) is 29.8 Å². The minimum Gasteiger partial charge on any atom is -0.366 e. The number of nitrogens with zero attached hydrogens (tertiary/aromatic N) is 3. The Bertz CT molecular complexity index is 826. The normalized spacial score (nSPS) is 14.3. The molecule has 0 N–H and O–H groups in total. The predicted molar refractivity (Wildman–Crippen MR) is 95.1 cm³/mol. The van der Waals surface area contributed by atoms with Gasteiger partial charge in [0.2, 0.25) is 5.91 Å². The number of piperazine rings is 1. The van der Waals surface area contributed by atoms with Gasteiger partial charge in [-0.3, -0.25) is 4.79 Å². The van der Waals surface area contributed by atoms with Crippen molar-refractivity contribution in [1.29, 1.82) is 5.26 Å². The largest absolute Gasteiger partial charge is 0.366 e. The maximum absolute atomic E-state index is 14.1. The monoisotopic (exact) mass is 357 g/mol. The molecule has 25 heavy (non-hydrogen) atoms. The first kappa shape index (κ1) is 17.2. The van der Waals surface area contributed by atoms with Gasteiger partial charge in [-0.05, 0) is 29.8 Å². The molecule has 0 unspecified atom stereocenters. The van der Waals surface area contributed by atoms with Gasteiger partial charge in [0.1, 0.15) is 5.82 Å². The highest BCUT2D eigenvalue weighted by Gasteiger charge is 2.23. The van der Waals surface area contributed by atoms with Crippen LogP contribution in [0.15, 0.2) is 42.5 Å². The van der Waals surface area contributed by atoms with Gasteiger partial charge in [0.15, 0.2) is 0 Å². The zero-order chi connectivity index (χ0) is 17.8. The third-order valence-corrected chi connectivity index (χ3v) is 4.72. The molecule has 1 aliphatic heterocycles. The van der Waals surface area contributed by atoms with Gasteiger partial charge < -0.3 is 9.80 Å². The van der Waals surface area contributed by atoms with Crippen LogP contribution in [0.25, 0.3) is 0 Å². The van der Waals surface area contributed by atoms with E-state index in [1.165, 1.54) is 6.07 Å². The quantitative estimate of drug-likeness (QED) is 0.847. The number of rotatable bonds is 3. The molecule has 6 heteroatoms. The van der Waals surface area contributed by atoms with Gasteiger partial charge in [-0.25, -0.2) is 4.39 Å². The molecule has 0 aliphatic carbocycles. The Labute approximate surface area is 151 Å². The van der Waals surface area contributed by atoms with E-state index in [1.54, 1.807) is 23.1 Å². The van der Waals surface area contributed by atoms with Crippen molar-refractivity contribution in [2.45, 2.75) is 6.42 Å². The molecule has 1 saturated heterocycles. The summed E-state index contributed by atoms with van der Waals surface area (Å²) in [6.45, 7) is 2.17. The number of anilines is 1. The molecule has 3 rings (SSSR count). The number of nitriles is 1. The van der Waals surface area contributed by atoms with Crippen molar-refractivity contribution in [3.05, 3.63) is 64.4 Å². The minimum absolute atomic E-state index is 0.0213. The summed E-state index contributed by atoms with van der Waals surface area (Å²) in [5.74, 6) is -0.386. The lowest BCUT2D eigenvalue weighted by atomic mass is 10.1. The van der Waals surface area contributed by atoms with Crippen LogP contribution < -0.4 is 4.90 Å². The third-order valence-electron chi connectivity index (χ3n) is 4.35. The summed E-state index contributed by atoms with van der Waals surface area (Å²) < 4.78 is 14.1. The van der Waals surface area contributed by atoms with Crippen molar-refractivity contribution in [2.24, 2.45) is 0 Å². The summed E-state index contributed by atoms with van der Waals surface area (Å²) in [4.78, 5) is 16.1. The standard InChI is InChI=1S/C19H17ClFN3O/c20-16-4-2-1-3-15(16)12-19(25)24-9-7-23(8-10-24)18-6-5-14(13-22)11-17(18)21/h1-6,11H,7-10,12H2. The summed E-state index contributed by atoms with van der Waals surface area (Å²) in [5.41, 5.74) is 1.58. The first-order valence-electron chi connectivity index (χ1n) is 8.04. The lowest BCUT2D eigenvalue weighted by Crippen LogP contribution is -2.49. The molecule has 2 aromatic rings. The van der Waals surface area contributed by atoms with Gasteiger partial charge in [-0.2, -0.15) is 5.26 Å². The number of hydrogen-bond acceptors (Lipinski definition) is 3. The molecule has 1 amide bonds. The van der Waals surface area contributed by atoms with E-state index in [1.807, 2.05) is 29.2 Å². The van der Waals surface area contributed by atoms with Crippen molar-refractivity contribution in [3.63, 3.8) is 0 Å². The maximum atomic E-state index is 14.1. The predicted octanol–water partition coefficient (Wildman–Crippen LogP) is 3.24. The Morgan fingerprint density at radius 1 is 1.16 bits per heavy atom. The summed E-state index contributed by atoms with van der Waals surface area (Å²) in [6, 6.07) is 13.7. The molecule has 0 radical (unpaired) electrons. The Kier molecular flexibility index (Phi) is 5.20. The first-order valence-corrected chi connectivity index (χ1v) is 8.42. The second kappa shape index (κ2) is 7.54. The zero-order valence-electron chi connectivity index (χ0n) is 13.6. The second-order valence-corrected chi connectivity index (χ2v) is 6.32. The molecule has 0 aromatic heterocycles. The molecule has 0 bridgehead atoms. The summed E-state index contributed by atoms with van der Waals surface area (Å²) in [6.07, 6.45) is 0.269. The molecule has 0 atom stereocenters. The van der Waals surface area contributed by atoms with Crippen LogP contribution >= 0.6 is 11.6 Å². The molecule has 128 valence electrons. The Balaban J connectivity index is 1.61. The van der Waals surface area contributed by atoms with E-state index in [9.17, 15) is 9.18 Å². The van der Waals surface area contributed by atoms with Gasteiger partial charge in [0, 0.05) is 31.2 Å². The molecule has 0 spiro atoms. The molecular weight excluding hydrogens is 341 g/mol. The maximum Gasteiger partial charge on any atom is 0.227 e. The fraction of sp³-hybridized carbons (Fsp3) is 0.263. The van der Waals surface area contributed by atoms with E-state index in [0.717, 1.165) is 5.56 Å². The zero-order valence-corrected chi connectivity index (χ0v) is 14.3. The summed E-state index contributed by atoms with van der Waals surface area (Å²) >= 11 is 6.11. The van der Waals surface area contributed by atoms with E-state index in [-0.39, 0.29) is 12.3 Å². The number of halogens is 2. The molecule has 2 aromatic carbocycles. The van der Waals surface area contributed by atoms with Crippen molar-refractivity contribution in [1.82, 2.24) is 4.90 Å². The molecule has 0 saturated carbocycles. The van der Waals surface area contributed by atoms with Gasteiger partial charge >= 0.3 is 0 Å². The van der Waals surface area contributed by atoms with Crippen molar-refractivity contribution < 1.29 is 9.18 Å². The topological polar surface area (TPSA) is 47.3 Å². The SMILES string of the molecule is N#Cc1ccc(N2CCN(C(=O)Cc3ccccc3Cl)CC2)c(F)c1. The van der Waals surface area contributed by atoms with Crippen LogP contribution in [0.2, 0.25) is 5.02 Å². The summed E-state index contributed by atoms with van der Waals surface area (Å²) in [7, 11) is 0. The summed E-state index contributed by atoms with van der Waals surface area (Å²) in [5, 5.41) is 9.41. The smallest absolute Gasteiger partial charge is 0.227 e. The number of amides is 1. The van der Waals surface area contributed by atoms with Gasteiger partial charge in [0.05, 0.1) is 23.7 Å².